The molecule has 3 nitrogen and oxygen atoms in total. The minimum atomic E-state index is 0.305. The minimum absolute atomic E-state index is 0.305. The first-order chi connectivity index (χ1) is 15.7. The largest absolute Gasteiger partial charge is 0.496 e. The quantitative estimate of drug-likeness (QED) is 0.471. The second kappa shape index (κ2) is 10.8. The van der Waals surface area contributed by atoms with Crippen LogP contribution in [-0.4, -0.2) is 25.7 Å². The summed E-state index contributed by atoms with van der Waals surface area (Å²) < 4.78 is 5.68. The number of hydrogen-bond donors (Lipinski definition) is 2. The van der Waals surface area contributed by atoms with Crippen LogP contribution in [0.25, 0.3) is 0 Å². The predicted molar refractivity (Wildman–Crippen MR) is 133 cm³/mol. The first-order valence-corrected chi connectivity index (χ1v) is 11.9. The molecule has 2 N–H and O–H groups in total. The summed E-state index contributed by atoms with van der Waals surface area (Å²) in [4.78, 5) is 0. The number of methoxy groups -OCH3 is 1. The Balaban J connectivity index is 1.60. The third-order valence-corrected chi connectivity index (χ3v) is 6.71. The number of piperidine rings is 1. The van der Waals surface area contributed by atoms with Crippen LogP contribution in [0, 0.1) is 0 Å². The Kier molecular flexibility index (Phi) is 7.62. The molecule has 168 valence electrons. The second-order valence-electron chi connectivity index (χ2n) is 9.13. The fourth-order valence-corrected chi connectivity index (χ4v) is 4.96. The van der Waals surface area contributed by atoms with Crippen LogP contribution in [0.1, 0.15) is 60.8 Å². The number of rotatable bonds is 8. The molecular weight excluding hydrogens is 392 g/mol. The number of hydrogen-bond acceptors (Lipinski definition) is 3. The molecular formula is C29H36N2O. The Morgan fingerprint density at radius 2 is 1.56 bits per heavy atom. The van der Waals surface area contributed by atoms with Gasteiger partial charge in [0.15, 0.2) is 0 Å². The molecule has 2 atom stereocenters. The summed E-state index contributed by atoms with van der Waals surface area (Å²) in [7, 11) is 1.76. The van der Waals surface area contributed by atoms with Gasteiger partial charge in [-0.25, -0.2) is 0 Å². The summed E-state index contributed by atoms with van der Waals surface area (Å²) >= 11 is 0. The van der Waals surface area contributed by atoms with Crippen LogP contribution < -0.4 is 15.4 Å². The van der Waals surface area contributed by atoms with Crippen LogP contribution in [0.15, 0.2) is 78.9 Å². The van der Waals surface area contributed by atoms with Crippen molar-refractivity contribution < 1.29 is 4.74 Å². The van der Waals surface area contributed by atoms with E-state index in [1.54, 1.807) is 7.11 Å². The number of ether oxygens (including phenoxy) is 1. The SMILES string of the molecule is COc1ccc(C(C)C)cc1CNC1CCCNC1C(c1ccccc1)c1ccccc1. The average Bonchev–Trinajstić information content (AvgIpc) is 2.84. The lowest BCUT2D eigenvalue weighted by molar-refractivity contribution is 0.278. The van der Waals surface area contributed by atoms with Crippen molar-refractivity contribution in [3.8, 4) is 5.75 Å². The van der Waals surface area contributed by atoms with Crippen molar-refractivity contribution in [2.24, 2.45) is 0 Å². The van der Waals surface area contributed by atoms with E-state index in [2.05, 4.69) is 103 Å². The maximum atomic E-state index is 5.68. The van der Waals surface area contributed by atoms with Crippen molar-refractivity contribution in [3.63, 3.8) is 0 Å². The first kappa shape index (κ1) is 22.6. The number of benzene rings is 3. The van der Waals surface area contributed by atoms with Gasteiger partial charge in [-0.05, 0) is 48.1 Å². The van der Waals surface area contributed by atoms with Gasteiger partial charge in [-0.3, -0.25) is 0 Å². The zero-order valence-electron chi connectivity index (χ0n) is 19.6. The molecule has 0 spiro atoms. The van der Waals surface area contributed by atoms with Crippen LogP contribution in [0.2, 0.25) is 0 Å². The van der Waals surface area contributed by atoms with Gasteiger partial charge in [0, 0.05) is 30.1 Å². The van der Waals surface area contributed by atoms with Gasteiger partial charge >= 0.3 is 0 Å². The minimum Gasteiger partial charge on any atom is -0.496 e. The van der Waals surface area contributed by atoms with Crippen molar-refractivity contribution >= 4 is 0 Å². The molecule has 1 heterocycles. The summed E-state index contributed by atoms with van der Waals surface area (Å²) in [6, 6.07) is 29.2. The fourth-order valence-electron chi connectivity index (χ4n) is 4.96. The van der Waals surface area contributed by atoms with Gasteiger partial charge in [-0.15, -0.1) is 0 Å². The lowest BCUT2D eigenvalue weighted by Gasteiger charge is -2.39. The summed E-state index contributed by atoms with van der Waals surface area (Å²) in [5.41, 5.74) is 5.32. The zero-order chi connectivity index (χ0) is 22.3. The van der Waals surface area contributed by atoms with Gasteiger partial charge in [-0.2, -0.15) is 0 Å². The van der Waals surface area contributed by atoms with Gasteiger partial charge in [0.25, 0.3) is 0 Å². The van der Waals surface area contributed by atoms with Crippen molar-refractivity contribution in [3.05, 3.63) is 101 Å². The Morgan fingerprint density at radius 1 is 0.906 bits per heavy atom. The van der Waals surface area contributed by atoms with Crippen LogP contribution >= 0.6 is 0 Å². The molecule has 1 aliphatic rings. The molecule has 1 saturated heterocycles. The second-order valence-corrected chi connectivity index (χ2v) is 9.13. The highest BCUT2D eigenvalue weighted by molar-refractivity contribution is 5.39. The maximum absolute atomic E-state index is 5.68. The summed E-state index contributed by atoms with van der Waals surface area (Å²) in [5.74, 6) is 1.77. The van der Waals surface area contributed by atoms with Gasteiger partial charge < -0.3 is 15.4 Å². The zero-order valence-corrected chi connectivity index (χ0v) is 19.6. The van der Waals surface area contributed by atoms with Crippen LogP contribution in [0.3, 0.4) is 0 Å². The van der Waals surface area contributed by atoms with Crippen LogP contribution in [0.5, 0.6) is 5.75 Å². The normalized spacial score (nSPS) is 18.8. The molecule has 0 bridgehead atoms. The van der Waals surface area contributed by atoms with E-state index >= 15 is 0 Å². The van der Waals surface area contributed by atoms with Crippen molar-refractivity contribution in [1.82, 2.24) is 10.6 Å². The molecule has 3 aromatic rings. The molecule has 3 heteroatoms. The molecule has 0 amide bonds. The van der Waals surface area contributed by atoms with Crippen LogP contribution in [0.4, 0.5) is 0 Å². The Hall–Kier alpha value is -2.62. The highest BCUT2D eigenvalue weighted by Crippen LogP contribution is 2.32. The Labute approximate surface area is 193 Å². The molecule has 1 fully saturated rings. The van der Waals surface area contributed by atoms with Crippen molar-refractivity contribution in [2.45, 2.75) is 57.2 Å². The highest BCUT2D eigenvalue weighted by atomic mass is 16.5. The van der Waals surface area contributed by atoms with Gasteiger partial charge in [0.2, 0.25) is 0 Å². The molecule has 32 heavy (non-hydrogen) atoms. The Morgan fingerprint density at radius 3 is 2.16 bits per heavy atom. The average molecular weight is 429 g/mol. The smallest absolute Gasteiger partial charge is 0.123 e. The lowest BCUT2D eigenvalue weighted by Crippen LogP contribution is -2.54. The monoisotopic (exact) mass is 428 g/mol. The third kappa shape index (κ3) is 5.23. The van der Waals surface area contributed by atoms with Gasteiger partial charge in [0.05, 0.1) is 7.11 Å². The molecule has 2 unspecified atom stereocenters. The first-order valence-electron chi connectivity index (χ1n) is 11.9. The van der Waals surface area contributed by atoms with Gasteiger partial charge in [0.1, 0.15) is 5.75 Å². The lowest BCUT2D eigenvalue weighted by atomic mass is 9.79. The predicted octanol–water partition coefficient (Wildman–Crippen LogP) is 5.86. The maximum Gasteiger partial charge on any atom is 0.123 e. The molecule has 1 aliphatic heterocycles. The molecule has 3 aromatic carbocycles. The summed E-state index contributed by atoms with van der Waals surface area (Å²) in [5, 5.41) is 7.77. The van der Waals surface area contributed by atoms with E-state index in [1.807, 2.05) is 0 Å². The van der Waals surface area contributed by atoms with E-state index in [0.717, 1.165) is 18.8 Å². The van der Waals surface area contributed by atoms with E-state index in [1.165, 1.54) is 35.1 Å². The molecule has 0 aliphatic carbocycles. The topological polar surface area (TPSA) is 33.3 Å². The Bertz CT molecular complexity index is 931. The van der Waals surface area contributed by atoms with E-state index < -0.39 is 0 Å². The van der Waals surface area contributed by atoms with Crippen LogP contribution in [-0.2, 0) is 6.54 Å². The van der Waals surface area contributed by atoms with E-state index in [4.69, 9.17) is 4.74 Å². The molecule has 4 rings (SSSR count). The standard InChI is InChI=1S/C29H36N2O/c1-21(2)24-16-17-27(32-3)25(19-24)20-31-26-15-10-18-30-29(26)28(22-11-6-4-7-12-22)23-13-8-5-9-14-23/h4-9,11-14,16-17,19,21,26,28-31H,10,15,18,20H2,1-3H3. The fraction of sp³-hybridized carbons (Fsp3) is 0.379. The molecule has 0 aromatic heterocycles. The van der Waals surface area contributed by atoms with Gasteiger partial charge in [-0.1, -0.05) is 86.6 Å². The van der Waals surface area contributed by atoms with E-state index in [9.17, 15) is 0 Å². The number of nitrogens with one attached hydrogen (secondary N) is 2. The summed E-state index contributed by atoms with van der Waals surface area (Å²) in [6.45, 7) is 6.35. The summed E-state index contributed by atoms with van der Waals surface area (Å²) in [6.07, 6.45) is 2.35. The third-order valence-electron chi connectivity index (χ3n) is 6.71. The van der Waals surface area contributed by atoms with Crippen molar-refractivity contribution in [2.75, 3.05) is 13.7 Å². The highest BCUT2D eigenvalue weighted by Gasteiger charge is 2.33. The van der Waals surface area contributed by atoms with Crippen molar-refractivity contribution in [1.29, 1.82) is 0 Å². The molecule has 0 saturated carbocycles. The molecule has 0 radical (unpaired) electrons. The van der Waals surface area contributed by atoms with E-state index in [-0.39, 0.29) is 0 Å². The van der Waals surface area contributed by atoms with E-state index in [0.29, 0.717) is 23.9 Å².